The molecule has 1 aliphatic rings. The monoisotopic (exact) mass is 302 g/mol. The third-order valence-electron chi connectivity index (χ3n) is 3.82. The number of amides is 3. The summed E-state index contributed by atoms with van der Waals surface area (Å²) in [5, 5.41) is 2.62. The van der Waals surface area contributed by atoms with Gasteiger partial charge in [0.2, 0.25) is 0 Å². The number of hydrogen-bond acceptors (Lipinski definition) is 3. The van der Waals surface area contributed by atoms with Crippen LogP contribution < -0.4 is 10.1 Å². The zero-order valence-electron chi connectivity index (χ0n) is 13.7. The molecule has 1 heterocycles. The van der Waals surface area contributed by atoms with E-state index in [2.05, 4.69) is 19.2 Å². The van der Waals surface area contributed by atoms with Crippen molar-refractivity contribution >= 4 is 18.0 Å². The zero-order valence-corrected chi connectivity index (χ0v) is 13.7. The van der Waals surface area contributed by atoms with Gasteiger partial charge in [0, 0.05) is 6.54 Å². The molecule has 0 atom stereocenters. The van der Waals surface area contributed by atoms with Gasteiger partial charge >= 0.3 is 6.03 Å². The summed E-state index contributed by atoms with van der Waals surface area (Å²) in [6, 6.07) is 3.61. The first-order valence-electron chi connectivity index (χ1n) is 7.42. The van der Waals surface area contributed by atoms with Crippen LogP contribution in [-0.2, 0) is 4.79 Å². The first kappa shape index (κ1) is 16.1. The van der Waals surface area contributed by atoms with Crippen molar-refractivity contribution in [3.8, 4) is 5.75 Å². The lowest BCUT2D eigenvalue weighted by Gasteiger charge is -2.15. The van der Waals surface area contributed by atoms with E-state index in [0.717, 1.165) is 22.4 Å². The lowest BCUT2D eigenvalue weighted by Crippen LogP contribution is -2.30. The fraction of sp³-hybridized carbons (Fsp3) is 0.412. The van der Waals surface area contributed by atoms with E-state index in [1.807, 2.05) is 19.1 Å². The van der Waals surface area contributed by atoms with E-state index in [0.29, 0.717) is 18.2 Å². The van der Waals surface area contributed by atoms with Crippen LogP contribution in [0, 0.1) is 6.92 Å². The second-order valence-corrected chi connectivity index (χ2v) is 5.64. The van der Waals surface area contributed by atoms with Gasteiger partial charge in [-0.3, -0.25) is 9.69 Å². The molecular formula is C17H22N2O3. The summed E-state index contributed by atoms with van der Waals surface area (Å²) in [5.41, 5.74) is 3.29. The Morgan fingerprint density at radius 2 is 2.00 bits per heavy atom. The van der Waals surface area contributed by atoms with E-state index in [1.165, 1.54) is 4.90 Å². The highest BCUT2D eigenvalue weighted by Crippen LogP contribution is 2.30. The Balaban J connectivity index is 2.46. The average Bonchev–Trinajstić information content (AvgIpc) is 2.74. The van der Waals surface area contributed by atoms with Gasteiger partial charge in [-0.15, -0.1) is 0 Å². The predicted molar refractivity (Wildman–Crippen MR) is 85.7 cm³/mol. The van der Waals surface area contributed by atoms with Crippen molar-refractivity contribution in [2.75, 3.05) is 13.7 Å². The zero-order chi connectivity index (χ0) is 16.4. The molecule has 1 aromatic rings. The predicted octanol–water partition coefficient (Wildman–Crippen LogP) is 3.04. The van der Waals surface area contributed by atoms with E-state index < -0.39 is 0 Å². The van der Waals surface area contributed by atoms with E-state index >= 15 is 0 Å². The summed E-state index contributed by atoms with van der Waals surface area (Å²) in [7, 11) is 1.65. The number of rotatable bonds is 4. The van der Waals surface area contributed by atoms with Crippen LogP contribution >= 0.6 is 0 Å². The molecule has 1 saturated heterocycles. The molecule has 118 valence electrons. The number of nitrogens with one attached hydrogen (secondary N) is 1. The number of urea groups is 1. The highest BCUT2D eigenvalue weighted by Gasteiger charge is 2.32. The van der Waals surface area contributed by atoms with Crippen LogP contribution in [0.1, 0.15) is 43.4 Å². The fourth-order valence-corrected chi connectivity index (χ4v) is 2.51. The molecule has 0 aliphatic carbocycles. The molecule has 0 bridgehead atoms. The van der Waals surface area contributed by atoms with Crippen LogP contribution in [-0.4, -0.2) is 30.5 Å². The maximum Gasteiger partial charge on any atom is 0.328 e. The maximum absolute atomic E-state index is 12.2. The molecule has 2 rings (SSSR count). The molecule has 22 heavy (non-hydrogen) atoms. The molecule has 0 unspecified atom stereocenters. The lowest BCUT2D eigenvalue weighted by molar-refractivity contribution is -0.122. The van der Waals surface area contributed by atoms with Gasteiger partial charge in [-0.05, 0) is 54.7 Å². The Labute approximate surface area is 130 Å². The minimum absolute atomic E-state index is 0.284. The number of methoxy groups -OCH3 is 1. The van der Waals surface area contributed by atoms with Gasteiger partial charge in [0.1, 0.15) is 11.4 Å². The first-order valence-corrected chi connectivity index (χ1v) is 7.42. The number of ether oxygens (including phenoxy) is 1. The van der Waals surface area contributed by atoms with Crippen molar-refractivity contribution in [2.24, 2.45) is 0 Å². The van der Waals surface area contributed by atoms with Crippen LogP contribution in [0.5, 0.6) is 5.75 Å². The number of benzene rings is 1. The highest BCUT2D eigenvalue weighted by molar-refractivity contribution is 6.14. The Morgan fingerprint density at radius 3 is 2.50 bits per heavy atom. The fourth-order valence-electron chi connectivity index (χ4n) is 2.51. The van der Waals surface area contributed by atoms with E-state index in [9.17, 15) is 9.59 Å². The number of carbonyl (C=O) groups is 2. The molecule has 5 heteroatoms. The molecule has 1 aromatic carbocycles. The topological polar surface area (TPSA) is 58.6 Å². The molecule has 0 radical (unpaired) electrons. The van der Waals surface area contributed by atoms with Crippen molar-refractivity contribution in [1.82, 2.24) is 10.2 Å². The number of imide groups is 1. The summed E-state index contributed by atoms with van der Waals surface area (Å²) in [6.45, 7) is 8.27. The highest BCUT2D eigenvalue weighted by atomic mass is 16.5. The van der Waals surface area contributed by atoms with Crippen LogP contribution in [0.2, 0.25) is 0 Å². The van der Waals surface area contributed by atoms with Gasteiger partial charge in [0.15, 0.2) is 0 Å². The van der Waals surface area contributed by atoms with E-state index in [4.69, 9.17) is 4.74 Å². The number of likely N-dealkylation sites (N-methyl/N-ethyl adjacent to an activating group) is 1. The second kappa shape index (κ2) is 6.22. The van der Waals surface area contributed by atoms with E-state index in [1.54, 1.807) is 20.1 Å². The summed E-state index contributed by atoms with van der Waals surface area (Å²) in [4.78, 5) is 25.1. The van der Waals surface area contributed by atoms with Gasteiger partial charge < -0.3 is 10.1 Å². The van der Waals surface area contributed by atoms with Crippen LogP contribution in [0.4, 0.5) is 4.79 Å². The Morgan fingerprint density at radius 1 is 1.32 bits per heavy atom. The summed E-state index contributed by atoms with van der Waals surface area (Å²) in [6.07, 6.45) is 1.73. The molecule has 1 N–H and O–H groups in total. The first-order chi connectivity index (χ1) is 10.4. The van der Waals surface area contributed by atoms with Crippen molar-refractivity contribution in [1.29, 1.82) is 0 Å². The average molecular weight is 302 g/mol. The van der Waals surface area contributed by atoms with Crippen LogP contribution in [0.25, 0.3) is 6.08 Å². The van der Waals surface area contributed by atoms with E-state index in [-0.39, 0.29) is 11.9 Å². The minimum Gasteiger partial charge on any atom is -0.496 e. The molecule has 1 fully saturated rings. The number of hydrogen-bond donors (Lipinski definition) is 1. The van der Waals surface area contributed by atoms with Gasteiger partial charge in [-0.2, -0.15) is 0 Å². The third-order valence-corrected chi connectivity index (χ3v) is 3.82. The SMILES string of the molecule is CCN1C(=O)N/C(=C/c2cc(C(C)C)c(OC)cc2C)C1=O. The lowest BCUT2D eigenvalue weighted by atomic mass is 9.96. The Hall–Kier alpha value is -2.30. The van der Waals surface area contributed by atoms with Gasteiger partial charge in [-0.25, -0.2) is 4.79 Å². The molecule has 0 saturated carbocycles. The Bertz CT molecular complexity index is 648. The van der Waals surface area contributed by atoms with Crippen molar-refractivity contribution in [3.05, 3.63) is 34.5 Å². The van der Waals surface area contributed by atoms with Crippen molar-refractivity contribution < 1.29 is 14.3 Å². The van der Waals surface area contributed by atoms with Crippen LogP contribution in [0.15, 0.2) is 17.8 Å². The second-order valence-electron chi connectivity index (χ2n) is 5.64. The van der Waals surface area contributed by atoms with Gasteiger partial charge in [0.05, 0.1) is 7.11 Å². The largest absolute Gasteiger partial charge is 0.496 e. The molecule has 1 aliphatic heterocycles. The van der Waals surface area contributed by atoms with Crippen LogP contribution in [0.3, 0.4) is 0 Å². The summed E-state index contributed by atoms with van der Waals surface area (Å²) in [5.74, 6) is 0.856. The number of aryl methyl sites for hydroxylation is 1. The molecule has 0 spiro atoms. The summed E-state index contributed by atoms with van der Waals surface area (Å²) >= 11 is 0. The third kappa shape index (κ3) is 2.84. The molecule has 3 amide bonds. The normalized spacial score (nSPS) is 16.6. The smallest absolute Gasteiger partial charge is 0.328 e. The molecule has 0 aromatic heterocycles. The quantitative estimate of drug-likeness (QED) is 0.687. The molecule has 5 nitrogen and oxygen atoms in total. The standard InChI is InChI=1S/C17H22N2O3/c1-6-19-16(20)14(18-17(19)21)9-12-8-13(10(2)3)15(22-5)7-11(12)4/h7-10H,6H2,1-5H3,(H,18,21)/b14-9+. The Kier molecular flexibility index (Phi) is 4.54. The van der Waals surface area contributed by atoms with Crippen molar-refractivity contribution in [2.45, 2.75) is 33.6 Å². The molecular weight excluding hydrogens is 280 g/mol. The number of carbonyl (C=O) groups excluding carboxylic acids is 2. The summed E-state index contributed by atoms with van der Waals surface area (Å²) < 4.78 is 5.42. The van der Waals surface area contributed by atoms with Gasteiger partial charge in [-0.1, -0.05) is 13.8 Å². The number of nitrogens with zero attached hydrogens (tertiary/aromatic N) is 1. The van der Waals surface area contributed by atoms with Crippen molar-refractivity contribution in [3.63, 3.8) is 0 Å². The van der Waals surface area contributed by atoms with Gasteiger partial charge in [0.25, 0.3) is 5.91 Å². The minimum atomic E-state index is -0.367. The maximum atomic E-state index is 12.2.